The molecule has 1 heterocycles. The second kappa shape index (κ2) is 11.5. The molecule has 0 radical (unpaired) electrons. The number of unbranched alkanes of at least 4 members (excludes halogenated alkanes) is 3. The number of allylic oxidation sites excluding steroid dienone is 2. The smallest absolute Gasteiger partial charge is 0.303 e. The Morgan fingerprint density at radius 3 is 2.61 bits per heavy atom. The van der Waals surface area contributed by atoms with Crippen LogP contribution in [0.4, 0.5) is 0 Å². The van der Waals surface area contributed by atoms with Crippen molar-refractivity contribution in [1.29, 1.82) is 0 Å². The van der Waals surface area contributed by atoms with E-state index in [9.17, 15) is 14.7 Å². The second-order valence-electron chi connectivity index (χ2n) is 7.67. The van der Waals surface area contributed by atoms with E-state index in [4.69, 9.17) is 5.11 Å². The van der Waals surface area contributed by atoms with Crippen molar-refractivity contribution in [2.24, 2.45) is 5.92 Å². The lowest BCUT2D eigenvalue weighted by Gasteiger charge is -2.18. The Hall–Kier alpha value is -2.30. The molecule has 2 atom stereocenters. The highest BCUT2D eigenvalue weighted by Crippen LogP contribution is 2.39. The van der Waals surface area contributed by atoms with Gasteiger partial charge < -0.3 is 15.1 Å². The number of hydrogen-bond acceptors (Lipinski definition) is 3. The summed E-state index contributed by atoms with van der Waals surface area (Å²) in [5, 5.41) is 19.0. The topological polar surface area (TPSA) is 77.8 Å². The first-order chi connectivity index (χ1) is 13.5. The van der Waals surface area contributed by atoms with Crippen LogP contribution in [0.3, 0.4) is 0 Å². The van der Waals surface area contributed by atoms with Gasteiger partial charge >= 0.3 is 5.97 Å². The number of amides is 1. The van der Waals surface area contributed by atoms with Gasteiger partial charge in [-0.2, -0.15) is 0 Å². The molecule has 1 aromatic carbocycles. The summed E-state index contributed by atoms with van der Waals surface area (Å²) in [6, 6.07) is 7.37. The van der Waals surface area contributed by atoms with Gasteiger partial charge in [-0.15, -0.1) is 0 Å². The molecule has 5 heteroatoms. The Morgan fingerprint density at radius 1 is 1.11 bits per heavy atom. The fourth-order valence-corrected chi connectivity index (χ4v) is 3.92. The van der Waals surface area contributed by atoms with Crippen LogP contribution in [0.15, 0.2) is 36.4 Å². The van der Waals surface area contributed by atoms with Gasteiger partial charge in [-0.3, -0.25) is 9.59 Å². The summed E-state index contributed by atoms with van der Waals surface area (Å²) < 4.78 is 0. The van der Waals surface area contributed by atoms with Gasteiger partial charge in [0.25, 0.3) is 0 Å². The number of benzene rings is 1. The lowest BCUT2D eigenvalue weighted by atomic mass is 9.86. The maximum atomic E-state index is 12.6. The van der Waals surface area contributed by atoms with E-state index in [0.717, 1.165) is 37.7 Å². The molecular weight excluding hydrogens is 354 g/mol. The summed E-state index contributed by atoms with van der Waals surface area (Å²) in [6.07, 6.45) is 10.3. The molecule has 5 nitrogen and oxygen atoms in total. The molecule has 1 aliphatic heterocycles. The predicted molar refractivity (Wildman–Crippen MR) is 110 cm³/mol. The van der Waals surface area contributed by atoms with Crippen molar-refractivity contribution in [2.75, 3.05) is 13.1 Å². The highest BCUT2D eigenvalue weighted by molar-refractivity contribution is 5.76. The summed E-state index contributed by atoms with van der Waals surface area (Å²) in [7, 11) is 0. The maximum absolute atomic E-state index is 12.6. The molecule has 1 amide bonds. The number of nitrogens with zero attached hydrogens (tertiary/aromatic N) is 1. The molecule has 0 bridgehead atoms. The number of carbonyl (C=O) groups is 2. The van der Waals surface area contributed by atoms with Gasteiger partial charge in [0.15, 0.2) is 0 Å². The summed E-state index contributed by atoms with van der Waals surface area (Å²) in [4.78, 5) is 25.2. The third-order valence-electron chi connectivity index (χ3n) is 5.50. The van der Waals surface area contributed by atoms with Crippen molar-refractivity contribution >= 4 is 11.9 Å². The van der Waals surface area contributed by atoms with Crippen LogP contribution in [0.2, 0.25) is 0 Å². The summed E-state index contributed by atoms with van der Waals surface area (Å²) >= 11 is 0. The van der Waals surface area contributed by atoms with Crippen LogP contribution in [0.25, 0.3) is 0 Å². The van der Waals surface area contributed by atoms with Crippen molar-refractivity contribution in [3.05, 3.63) is 42.0 Å². The molecule has 1 aliphatic rings. The lowest BCUT2D eigenvalue weighted by Crippen LogP contribution is -2.28. The number of rotatable bonds is 11. The number of phenolic OH excluding ortho intramolecular Hbond substituents is 1. The van der Waals surface area contributed by atoms with E-state index >= 15 is 0 Å². The number of para-hydroxylation sites is 1. The van der Waals surface area contributed by atoms with E-state index in [1.807, 2.05) is 35.3 Å². The predicted octanol–water partition coefficient (Wildman–Crippen LogP) is 4.72. The van der Waals surface area contributed by atoms with Crippen molar-refractivity contribution < 1.29 is 19.8 Å². The van der Waals surface area contributed by atoms with Gasteiger partial charge in [0.2, 0.25) is 5.91 Å². The first-order valence-corrected chi connectivity index (χ1v) is 10.4. The molecule has 0 spiro atoms. The standard InChI is InChI=1S/C23H33NO4/c1-2-3-4-7-14-22(26)24-16-18(11-6-5-8-15-23(27)28)20(17-24)19-12-9-10-13-21(19)25/h5-6,9-10,12-13,18,20,25H,2-4,7-8,11,14-17H2,1H3,(H,27,28)/b6-5-/t18-,20+/m0/s1. The van der Waals surface area contributed by atoms with Gasteiger partial charge in [0.05, 0.1) is 0 Å². The first kappa shape index (κ1) is 22.0. The highest BCUT2D eigenvalue weighted by Gasteiger charge is 2.36. The Kier molecular flexibility index (Phi) is 9.05. The third kappa shape index (κ3) is 6.70. The van der Waals surface area contributed by atoms with Crippen molar-refractivity contribution in [2.45, 2.75) is 64.2 Å². The number of aromatic hydroxyl groups is 1. The van der Waals surface area contributed by atoms with Crippen molar-refractivity contribution in [1.82, 2.24) is 4.90 Å². The van der Waals surface area contributed by atoms with Crippen molar-refractivity contribution in [3.63, 3.8) is 0 Å². The lowest BCUT2D eigenvalue weighted by molar-refractivity contribution is -0.137. The first-order valence-electron chi connectivity index (χ1n) is 10.4. The number of carboxylic acid groups (broad SMARTS) is 1. The number of hydrogen-bond donors (Lipinski definition) is 2. The van der Waals surface area contributed by atoms with Gasteiger partial charge in [0.1, 0.15) is 5.75 Å². The average molecular weight is 388 g/mol. The molecular formula is C23H33NO4. The number of carboxylic acids is 1. The van der Waals surface area contributed by atoms with E-state index in [-0.39, 0.29) is 29.9 Å². The molecule has 0 aliphatic carbocycles. The fourth-order valence-electron chi connectivity index (χ4n) is 3.92. The van der Waals surface area contributed by atoms with E-state index < -0.39 is 5.97 Å². The quantitative estimate of drug-likeness (QED) is 0.425. The zero-order chi connectivity index (χ0) is 20.4. The molecule has 1 aromatic rings. The zero-order valence-corrected chi connectivity index (χ0v) is 16.8. The Balaban J connectivity index is 2.01. The molecule has 28 heavy (non-hydrogen) atoms. The minimum absolute atomic E-state index is 0.102. The molecule has 2 N–H and O–H groups in total. The fraction of sp³-hybridized carbons (Fsp3) is 0.565. The SMILES string of the molecule is CCCCCCC(=O)N1C[C@H](C/C=C\CCC(=O)O)[C@H](c2ccccc2O)C1. The van der Waals surface area contributed by atoms with Crippen LogP contribution < -0.4 is 0 Å². The van der Waals surface area contributed by atoms with Crippen LogP contribution >= 0.6 is 0 Å². The Labute approximate surface area is 168 Å². The number of likely N-dealkylation sites (tertiary alicyclic amines) is 1. The Bertz CT molecular complexity index is 670. The molecule has 2 rings (SSSR count). The zero-order valence-electron chi connectivity index (χ0n) is 16.8. The normalized spacial score (nSPS) is 19.4. The van der Waals surface area contributed by atoms with Gasteiger partial charge in [-0.1, -0.05) is 56.5 Å². The van der Waals surface area contributed by atoms with Gasteiger partial charge in [0, 0.05) is 31.8 Å². The van der Waals surface area contributed by atoms with Crippen LogP contribution in [0.1, 0.15) is 69.8 Å². The summed E-state index contributed by atoms with van der Waals surface area (Å²) in [5.41, 5.74) is 0.896. The van der Waals surface area contributed by atoms with Crippen molar-refractivity contribution in [3.8, 4) is 5.75 Å². The second-order valence-corrected chi connectivity index (χ2v) is 7.67. The van der Waals surface area contributed by atoms with Gasteiger partial charge in [-0.05, 0) is 36.8 Å². The van der Waals surface area contributed by atoms with E-state index in [0.29, 0.717) is 25.9 Å². The molecule has 0 unspecified atom stereocenters. The minimum Gasteiger partial charge on any atom is -0.508 e. The van der Waals surface area contributed by atoms with Gasteiger partial charge in [-0.25, -0.2) is 0 Å². The molecule has 0 aromatic heterocycles. The largest absolute Gasteiger partial charge is 0.508 e. The summed E-state index contributed by atoms with van der Waals surface area (Å²) in [6.45, 7) is 3.49. The van der Waals surface area contributed by atoms with E-state index in [1.165, 1.54) is 0 Å². The number of carbonyl (C=O) groups excluding carboxylic acids is 1. The molecule has 1 fully saturated rings. The number of phenols is 1. The van der Waals surface area contributed by atoms with Crippen LogP contribution in [0, 0.1) is 5.92 Å². The number of aliphatic carboxylic acids is 1. The van der Waals surface area contributed by atoms with E-state index in [2.05, 4.69) is 6.92 Å². The molecule has 154 valence electrons. The van der Waals surface area contributed by atoms with Crippen LogP contribution in [-0.2, 0) is 9.59 Å². The molecule has 0 saturated carbocycles. The molecule has 1 saturated heterocycles. The summed E-state index contributed by atoms with van der Waals surface area (Å²) in [5.74, 6) is 0.0230. The highest BCUT2D eigenvalue weighted by atomic mass is 16.4. The third-order valence-corrected chi connectivity index (χ3v) is 5.50. The van der Waals surface area contributed by atoms with E-state index in [1.54, 1.807) is 6.07 Å². The monoisotopic (exact) mass is 387 g/mol. The maximum Gasteiger partial charge on any atom is 0.303 e. The van der Waals surface area contributed by atoms with Crippen LogP contribution in [-0.4, -0.2) is 40.1 Å². The Morgan fingerprint density at radius 2 is 1.89 bits per heavy atom. The minimum atomic E-state index is -0.794. The van der Waals surface area contributed by atoms with Crippen LogP contribution in [0.5, 0.6) is 5.75 Å². The average Bonchev–Trinajstić information content (AvgIpc) is 3.09.